The summed E-state index contributed by atoms with van der Waals surface area (Å²) in [6, 6.07) is 19.6. The summed E-state index contributed by atoms with van der Waals surface area (Å²) in [7, 11) is -3.55. The SMILES string of the molecule is CCN(CC)S(=O)(=O)c1ccc(C(=O)NCC[C@H](O)c2cccc3ccccc23)cc1. The van der Waals surface area contributed by atoms with E-state index in [0.717, 1.165) is 16.3 Å². The number of hydrogen-bond donors (Lipinski definition) is 2. The summed E-state index contributed by atoms with van der Waals surface area (Å²) in [6.07, 6.45) is -0.332. The Hall–Kier alpha value is -2.74. The number of sulfonamides is 1. The van der Waals surface area contributed by atoms with Gasteiger partial charge >= 0.3 is 0 Å². The van der Waals surface area contributed by atoms with Crippen molar-refractivity contribution in [2.45, 2.75) is 31.3 Å². The molecule has 164 valence electrons. The van der Waals surface area contributed by atoms with Crippen molar-refractivity contribution < 1.29 is 18.3 Å². The maximum Gasteiger partial charge on any atom is 0.251 e. The van der Waals surface area contributed by atoms with Gasteiger partial charge in [-0.2, -0.15) is 4.31 Å². The normalized spacial score (nSPS) is 12.8. The molecule has 3 aromatic rings. The number of amides is 1. The first kappa shape index (κ1) is 22.9. The molecule has 0 bridgehead atoms. The van der Waals surface area contributed by atoms with Gasteiger partial charge in [-0.15, -0.1) is 0 Å². The van der Waals surface area contributed by atoms with E-state index >= 15 is 0 Å². The predicted molar refractivity (Wildman–Crippen MR) is 122 cm³/mol. The molecular weight excluding hydrogens is 412 g/mol. The van der Waals surface area contributed by atoms with E-state index in [1.54, 1.807) is 13.8 Å². The van der Waals surface area contributed by atoms with Gasteiger partial charge in [0.25, 0.3) is 5.91 Å². The molecule has 31 heavy (non-hydrogen) atoms. The Bertz CT molecular complexity index is 1130. The molecule has 1 amide bonds. The number of benzene rings is 3. The Morgan fingerprint density at radius 1 is 0.968 bits per heavy atom. The first-order valence-electron chi connectivity index (χ1n) is 10.4. The van der Waals surface area contributed by atoms with Crippen LogP contribution in [0.3, 0.4) is 0 Å². The zero-order chi connectivity index (χ0) is 22.4. The highest BCUT2D eigenvalue weighted by molar-refractivity contribution is 7.89. The highest BCUT2D eigenvalue weighted by Gasteiger charge is 2.21. The maximum atomic E-state index is 12.5. The lowest BCUT2D eigenvalue weighted by molar-refractivity contribution is 0.0943. The molecule has 1 atom stereocenters. The van der Waals surface area contributed by atoms with E-state index in [2.05, 4.69) is 5.32 Å². The van der Waals surface area contributed by atoms with Gasteiger partial charge in [-0.25, -0.2) is 8.42 Å². The van der Waals surface area contributed by atoms with Crippen molar-refractivity contribution in [2.75, 3.05) is 19.6 Å². The van der Waals surface area contributed by atoms with Crippen LogP contribution in [-0.4, -0.2) is 43.4 Å². The van der Waals surface area contributed by atoms with Crippen LogP contribution in [0.5, 0.6) is 0 Å². The van der Waals surface area contributed by atoms with Gasteiger partial charge < -0.3 is 10.4 Å². The predicted octanol–water partition coefficient (Wildman–Crippen LogP) is 3.72. The van der Waals surface area contributed by atoms with Crippen molar-refractivity contribution in [3.63, 3.8) is 0 Å². The number of fused-ring (bicyclic) bond motifs is 1. The van der Waals surface area contributed by atoms with Crippen LogP contribution in [-0.2, 0) is 10.0 Å². The summed E-state index contributed by atoms with van der Waals surface area (Å²) in [5, 5.41) is 15.4. The molecule has 6 nitrogen and oxygen atoms in total. The minimum absolute atomic E-state index is 0.166. The van der Waals surface area contributed by atoms with Crippen LogP contribution in [0.25, 0.3) is 10.8 Å². The lowest BCUT2D eigenvalue weighted by Gasteiger charge is -2.18. The van der Waals surface area contributed by atoms with E-state index in [-0.39, 0.29) is 10.8 Å². The van der Waals surface area contributed by atoms with E-state index in [0.29, 0.717) is 31.6 Å². The van der Waals surface area contributed by atoms with E-state index < -0.39 is 16.1 Å². The highest BCUT2D eigenvalue weighted by atomic mass is 32.2. The summed E-state index contributed by atoms with van der Waals surface area (Å²) >= 11 is 0. The molecule has 7 heteroatoms. The molecule has 0 aromatic heterocycles. The van der Waals surface area contributed by atoms with Gasteiger partial charge in [0, 0.05) is 25.2 Å². The number of aliphatic hydroxyl groups is 1. The Labute approximate surface area is 183 Å². The molecule has 3 aromatic carbocycles. The summed E-state index contributed by atoms with van der Waals surface area (Å²) in [4.78, 5) is 12.6. The van der Waals surface area contributed by atoms with Gasteiger partial charge in [0.2, 0.25) is 10.0 Å². The van der Waals surface area contributed by atoms with Crippen LogP contribution >= 0.6 is 0 Å². The maximum absolute atomic E-state index is 12.5. The molecule has 0 aliphatic carbocycles. The Kier molecular flexibility index (Phi) is 7.43. The molecule has 0 aliphatic heterocycles. The third-order valence-electron chi connectivity index (χ3n) is 5.35. The number of hydrogen-bond acceptors (Lipinski definition) is 4. The van der Waals surface area contributed by atoms with Crippen molar-refractivity contribution in [1.82, 2.24) is 9.62 Å². The second kappa shape index (κ2) is 10.0. The van der Waals surface area contributed by atoms with Crippen molar-refractivity contribution in [2.24, 2.45) is 0 Å². The van der Waals surface area contributed by atoms with E-state index in [1.165, 1.54) is 28.6 Å². The zero-order valence-electron chi connectivity index (χ0n) is 17.8. The molecule has 0 fully saturated rings. The first-order chi connectivity index (χ1) is 14.9. The third-order valence-corrected chi connectivity index (χ3v) is 7.41. The summed E-state index contributed by atoms with van der Waals surface area (Å²) in [5.74, 6) is -0.308. The summed E-state index contributed by atoms with van der Waals surface area (Å²) < 4.78 is 26.5. The van der Waals surface area contributed by atoms with Crippen LogP contribution in [0.4, 0.5) is 0 Å². The molecule has 0 spiro atoms. The highest BCUT2D eigenvalue weighted by Crippen LogP contribution is 2.26. The number of rotatable bonds is 9. The molecular formula is C24H28N2O4S. The van der Waals surface area contributed by atoms with Gasteiger partial charge in [-0.1, -0.05) is 56.3 Å². The summed E-state index contributed by atoms with van der Waals surface area (Å²) in [5.41, 5.74) is 1.21. The van der Waals surface area contributed by atoms with Crippen molar-refractivity contribution in [1.29, 1.82) is 0 Å². The average molecular weight is 441 g/mol. The van der Waals surface area contributed by atoms with Crippen molar-refractivity contribution in [3.05, 3.63) is 77.9 Å². The first-order valence-corrected chi connectivity index (χ1v) is 11.9. The largest absolute Gasteiger partial charge is 0.388 e. The third kappa shape index (κ3) is 5.12. The molecule has 0 heterocycles. The molecule has 3 rings (SSSR count). The van der Waals surface area contributed by atoms with Crippen LogP contribution < -0.4 is 5.32 Å². The zero-order valence-corrected chi connectivity index (χ0v) is 18.6. The minimum atomic E-state index is -3.55. The average Bonchev–Trinajstić information content (AvgIpc) is 2.79. The topological polar surface area (TPSA) is 86.7 Å². The quantitative estimate of drug-likeness (QED) is 0.531. The molecule has 2 N–H and O–H groups in total. The van der Waals surface area contributed by atoms with Crippen molar-refractivity contribution >= 4 is 26.7 Å². The molecule has 0 saturated heterocycles. The van der Waals surface area contributed by atoms with E-state index in [4.69, 9.17) is 0 Å². The van der Waals surface area contributed by atoms with Crippen LogP contribution in [0.1, 0.15) is 42.3 Å². The Balaban J connectivity index is 1.61. The molecule has 0 aliphatic rings. The molecule has 0 unspecified atom stereocenters. The van der Waals surface area contributed by atoms with E-state index in [1.807, 2.05) is 42.5 Å². The Morgan fingerprint density at radius 2 is 1.61 bits per heavy atom. The standard InChI is InChI=1S/C24H28N2O4S/c1-3-26(4-2)31(29,30)20-14-12-19(13-15-20)24(28)25-17-16-23(27)22-11-7-9-18-8-5-6-10-21(18)22/h5-15,23,27H,3-4,16-17H2,1-2H3,(H,25,28)/t23-/m0/s1. The van der Waals surface area contributed by atoms with Gasteiger partial charge in [0.15, 0.2) is 0 Å². The van der Waals surface area contributed by atoms with Gasteiger partial charge in [0.1, 0.15) is 0 Å². The molecule has 0 saturated carbocycles. The number of nitrogens with one attached hydrogen (secondary N) is 1. The van der Waals surface area contributed by atoms with Crippen LogP contribution in [0.2, 0.25) is 0 Å². The lowest BCUT2D eigenvalue weighted by atomic mass is 9.99. The van der Waals surface area contributed by atoms with Gasteiger partial charge in [-0.3, -0.25) is 4.79 Å². The number of carbonyl (C=O) groups excluding carboxylic acids is 1. The van der Waals surface area contributed by atoms with Crippen LogP contribution in [0, 0.1) is 0 Å². The van der Waals surface area contributed by atoms with Crippen molar-refractivity contribution in [3.8, 4) is 0 Å². The number of nitrogens with zero attached hydrogens (tertiary/aromatic N) is 1. The van der Waals surface area contributed by atoms with Crippen LogP contribution in [0.15, 0.2) is 71.6 Å². The smallest absolute Gasteiger partial charge is 0.251 e. The fourth-order valence-electron chi connectivity index (χ4n) is 3.61. The Morgan fingerprint density at radius 3 is 2.29 bits per heavy atom. The monoisotopic (exact) mass is 440 g/mol. The minimum Gasteiger partial charge on any atom is -0.388 e. The van der Waals surface area contributed by atoms with Gasteiger partial charge in [-0.05, 0) is 47.0 Å². The second-order valence-corrected chi connectivity index (χ2v) is 9.18. The molecule has 0 radical (unpaired) electrons. The van der Waals surface area contributed by atoms with E-state index in [9.17, 15) is 18.3 Å². The fraction of sp³-hybridized carbons (Fsp3) is 0.292. The second-order valence-electron chi connectivity index (χ2n) is 7.24. The summed E-state index contributed by atoms with van der Waals surface area (Å²) in [6.45, 7) is 4.65. The fourth-order valence-corrected chi connectivity index (χ4v) is 5.07. The lowest BCUT2D eigenvalue weighted by Crippen LogP contribution is -2.30. The number of carbonyl (C=O) groups is 1. The number of aliphatic hydroxyl groups excluding tert-OH is 1. The van der Waals surface area contributed by atoms with Gasteiger partial charge in [0.05, 0.1) is 11.0 Å².